The van der Waals surface area contributed by atoms with Gasteiger partial charge in [0.05, 0.1) is 18.0 Å². The molecule has 1 amide bonds. The molecule has 0 unspecified atom stereocenters. The number of unbranched alkanes of at least 4 members (excludes halogenated alkanes) is 5. The van der Waals surface area contributed by atoms with Crippen molar-refractivity contribution in [3.05, 3.63) is 59.7 Å². The third-order valence-corrected chi connectivity index (χ3v) is 6.88. The number of hydrogen-bond acceptors (Lipinski definition) is 4. The van der Waals surface area contributed by atoms with Crippen LogP contribution in [0, 0.1) is 6.92 Å². The van der Waals surface area contributed by atoms with Crippen molar-refractivity contribution in [3.63, 3.8) is 0 Å². The van der Waals surface area contributed by atoms with Gasteiger partial charge in [0, 0.05) is 13.0 Å². The molecule has 2 N–H and O–H groups in total. The molecule has 6 nitrogen and oxygen atoms in total. The van der Waals surface area contributed by atoms with Crippen molar-refractivity contribution in [2.45, 2.75) is 69.7 Å². The lowest BCUT2D eigenvalue weighted by molar-refractivity contribution is -0.121. The number of rotatable bonds is 14. The van der Waals surface area contributed by atoms with Crippen LogP contribution < -0.4 is 14.8 Å². The Balaban J connectivity index is 2.04. The molecule has 0 saturated heterocycles. The number of methoxy groups -OCH3 is 1. The van der Waals surface area contributed by atoms with Gasteiger partial charge in [0.15, 0.2) is 0 Å². The Morgan fingerprint density at radius 3 is 2.19 bits per heavy atom. The molecule has 0 aliphatic heterocycles. The summed E-state index contributed by atoms with van der Waals surface area (Å²) < 4.78 is 33.8. The van der Waals surface area contributed by atoms with Gasteiger partial charge in [-0.15, -0.1) is 0 Å². The standard InChI is InChI=1S/C25H36N2O4S/c1-4-5-6-7-8-9-18-26-25(28)19-24(21-12-14-22(31-3)15-13-21)27-32(29,30)23-16-10-20(2)11-17-23/h10-17,24,27H,4-9,18-19H2,1-3H3,(H,26,28)/t24-/m0/s1. The van der Waals surface area contributed by atoms with E-state index in [1.165, 1.54) is 25.7 Å². The van der Waals surface area contributed by atoms with Gasteiger partial charge in [-0.2, -0.15) is 0 Å². The van der Waals surface area contributed by atoms with Crippen LogP contribution in [0.4, 0.5) is 0 Å². The van der Waals surface area contributed by atoms with Crippen LogP contribution in [0.25, 0.3) is 0 Å². The minimum atomic E-state index is -3.78. The summed E-state index contributed by atoms with van der Waals surface area (Å²) in [5.41, 5.74) is 1.68. The first kappa shape index (κ1) is 25.9. The molecule has 32 heavy (non-hydrogen) atoms. The fourth-order valence-corrected chi connectivity index (χ4v) is 4.65. The van der Waals surface area contributed by atoms with Gasteiger partial charge in [-0.25, -0.2) is 13.1 Å². The van der Waals surface area contributed by atoms with Crippen LogP contribution >= 0.6 is 0 Å². The molecule has 0 heterocycles. The van der Waals surface area contributed by atoms with Gasteiger partial charge in [-0.1, -0.05) is 68.9 Å². The van der Waals surface area contributed by atoms with Gasteiger partial charge >= 0.3 is 0 Å². The molecule has 0 aromatic heterocycles. The van der Waals surface area contributed by atoms with Crippen LogP contribution in [0.15, 0.2) is 53.4 Å². The van der Waals surface area contributed by atoms with E-state index >= 15 is 0 Å². The molecular weight excluding hydrogens is 424 g/mol. The molecule has 0 bridgehead atoms. The van der Waals surface area contributed by atoms with Gasteiger partial charge < -0.3 is 10.1 Å². The van der Waals surface area contributed by atoms with E-state index in [1.54, 1.807) is 55.6 Å². The van der Waals surface area contributed by atoms with Crippen LogP contribution in [-0.2, 0) is 14.8 Å². The summed E-state index contributed by atoms with van der Waals surface area (Å²) in [6.07, 6.45) is 6.89. The zero-order chi connectivity index (χ0) is 23.4. The summed E-state index contributed by atoms with van der Waals surface area (Å²) in [7, 11) is -2.21. The third-order valence-electron chi connectivity index (χ3n) is 5.39. The molecule has 2 aromatic carbocycles. The Morgan fingerprint density at radius 1 is 0.938 bits per heavy atom. The first-order valence-corrected chi connectivity index (χ1v) is 12.8. The average Bonchev–Trinajstić information content (AvgIpc) is 2.78. The summed E-state index contributed by atoms with van der Waals surface area (Å²) in [4.78, 5) is 12.8. The van der Waals surface area contributed by atoms with Crippen molar-refractivity contribution in [2.75, 3.05) is 13.7 Å². The number of sulfonamides is 1. The van der Waals surface area contributed by atoms with E-state index in [2.05, 4.69) is 17.0 Å². The smallest absolute Gasteiger partial charge is 0.241 e. The SMILES string of the molecule is CCCCCCCCNC(=O)C[C@H](NS(=O)(=O)c1ccc(C)cc1)c1ccc(OC)cc1. The van der Waals surface area contributed by atoms with Crippen molar-refractivity contribution in [3.8, 4) is 5.75 Å². The average molecular weight is 461 g/mol. The van der Waals surface area contributed by atoms with Crippen molar-refractivity contribution in [2.24, 2.45) is 0 Å². The van der Waals surface area contributed by atoms with E-state index in [0.717, 1.165) is 18.4 Å². The Hall–Kier alpha value is -2.38. The Labute approximate surface area is 192 Å². The van der Waals surface area contributed by atoms with Gasteiger partial charge in [0.2, 0.25) is 15.9 Å². The maximum absolute atomic E-state index is 12.9. The highest BCUT2D eigenvalue weighted by Gasteiger charge is 2.24. The van der Waals surface area contributed by atoms with Gasteiger partial charge in [-0.05, 0) is 43.2 Å². The highest BCUT2D eigenvalue weighted by Crippen LogP contribution is 2.23. The summed E-state index contributed by atoms with van der Waals surface area (Å²) in [6.45, 7) is 4.69. The second-order valence-electron chi connectivity index (χ2n) is 8.08. The summed E-state index contributed by atoms with van der Waals surface area (Å²) in [5.74, 6) is 0.493. The molecule has 176 valence electrons. The highest BCUT2D eigenvalue weighted by molar-refractivity contribution is 7.89. The lowest BCUT2D eigenvalue weighted by Gasteiger charge is -2.19. The van der Waals surface area contributed by atoms with E-state index in [0.29, 0.717) is 17.9 Å². The quantitative estimate of drug-likeness (QED) is 0.393. The number of benzene rings is 2. The van der Waals surface area contributed by atoms with Crippen LogP contribution in [0.3, 0.4) is 0 Å². The monoisotopic (exact) mass is 460 g/mol. The number of hydrogen-bond donors (Lipinski definition) is 2. The Bertz CT molecular complexity index is 925. The van der Waals surface area contributed by atoms with Crippen LogP contribution in [0.1, 0.15) is 69.0 Å². The zero-order valence-corrected chi connectivity index (χ0v) is 20.2. The minimum Gasteiger partial charge on any atom is -0.497 e. The number of nitrogens with one attached hydrogen (secondary N) is 2. The molecule has 2 aromatic rings. The predicted molar refractivity (Wildman–Crippen MR) is 128 cm³/mol. The van der Waals surface area contributed by atoms with Crippen molar-refractivity contribution in [1.29, 1.82) is 0 Å². The second-order valence-corrected chi connectivity index (χ2v) is 9.80. The normalized spacial score (nSPS) is 12.3. The van der Waals surface area contributed by atoms with Gasteiger partial charge in [0.1, 0.15) is 5.75 Å². The summed E-state index contributed by atoms with van der Waals surface area (Å²) in [5, 5.41) is 2.93. The number of amides is 1. The van der Waals surface area contributed by atoms with Gasteiger partial charge in [0.25, 0.3) is 0 Å². The Kier molecular flexibility index (Phi) is 10.7. The largest absolute Gasteiger partial charge is 0.497 e. The maximum atomic E-state index is 12.9. The third kappa shape index (κ3) is 8.63. The van der Waals surface area contributed by atoms with Crippen LogP contribution in [-0.4, -0.2) is 28.0 Å². The molecule has 0 saturated carbocycles. The predicted octanol–water partition coefficient (Wildman–Crippen LogP) is 4.89. The molecule has 0 radical (unpaired) electrons. The van der Waals surface area contributed by atoms with Gasteiger partial charge in [-0.3, -0.25) is 4.79 Å². The molecule has 7 heteroatoms. The number of carbonyl (C=O) groups is 1. The van der Waals surface area contributed by atoms with E-state index < -0.39 is 16.1 Å². The van der Waals surface area contributed by atoms with E-state index in [-0.39, 0.29) is 17.2 Å². The minimum absolute atomic E-state index is 0.0211. The molecule has 0 spiro atoms. The number of ether oxygens (including phenoxy) is 1. The summed E-state index contributed by atoms with van der Waals surface area (Å²) in [6, 6.07) is 13.0. The number of aryl methyl sites for hydroxylation is 1. The van der Waals surface area contributed by atoms with E-state index in [4.69, 9.17) is 4.74 Å². The van der Waals surface area contributed by atoms with Crippen LogP contribution in [0.5, 0.6) is 5.75 Å². The van der Waals surface area contributed by atoms with Crippen LogP contribution in [0.2, 0.25) is 0 Å². The van der Waals surface area contributed by atoms with Crippen molar-refractivity contribution in [1.82, 2.24) is 10.0 Å². The fourth-order valence-electron chi connectivity index (χ4n) is 3.43. The Morgan fingerprint density at radius 2 is 1.56 bits per heavy atom. The van der Waals surface area contributed by atoms with Crippen molar-refractivity contribution < 1.29 is 17.9 Å². The first-order chi connectivity index (χ1) is 15.4. The molecule has 0 fully saturated rings. The molecule has 0 aliphatic carbocycles. The first-order valence-electron chi connectivity index (χ1n) is 11.4. The lowest BCUT2D eigenvalue weighted by atomic mass is 10.0. The fraction of sp³-hybridized carbons (Fsp3) is 0.480. The molecular formula is C25H36N2O4S. The van der Waals surface area contributed by atoms with Crippen molar-refractivity contribution >= 4 is 15.9 Å². The lowest BCUT2D eigenvalue weighted by Crippen LogP contribution is -2.34. The molecule has 0 aliphatic rings. The van der Waals surface area contributed by atoms with E-state index in [1.807, 2.05) is 6.92 Å². The topological polar surface area (TPSA) is 84.5 Å². The second kappa shape index (κ2) is 13.2. The zero-order valence-electron chi connectivity index (χ0n) is 19.4. The molecule has 1 atom stereocenters. The highest BCUT2D eigenvalue weighted by atomic mass is 32.2. The van der Waals surface area contributed by atoms with E-state index in [9.17, 15) is 13.2 Å². The maximum Gasteiger partial charge on any atom is 0.241 e. The number of carbonyl (C=O) groups excluding carboxylic acids is 1. The summed E-state index contributed by atoms with van der Waals surface area (Å²) >= 11 is 0. The molecule has 2 rings (SSSR count).